The molecule has 2 aliphatic rings. The molecule has 3 aromatic carbocycles. The van der Waals surface area contributed by atoms with Crippen LogP contribution in [-0.4, -0.2) is 71.7 Å². The van der Waals surface area contributed by atoms with E-state index in [2.05, 4.69) is 10.3 Å². The monoisotopic (exact) mass is 594 g/mol. The van der Waals surface area contributed by atoms with E-state index in [1.807, 2.05) is 66.7 Å². The van der Waals surface area contributed by atoms with Crippen LogP contribution in [0, 0.1) is 0 Å². The molecule has 0 spiro atoms. The molecular weight excluding hydrogens is 560 g/mol. The third kappa shape index (κ3) is 4.81. The molecule has 0 bridgehead atoms. The molecule has 1 saturated heterocycles. The maximum atomic E-state index is 14.2. The number of aromatic hydroxyl groups is 1. The number of amides is 2. The Morgan fingerprint density at radius 2 is 1.70 bits per heavy atom. The van der Waals surface area contributed by atoms with E-state index < -0.39 is 5.92 Å². The van der Waals surface area contributed by atoms with Crippen molar-refractivity contribution in [3.63, 3.8) is 0 Å². The number of hydrogen-bond acceptors (Lipinski definition) is 6. The van der Waals surface area contributed by atoms with Gasteiger partial charge in [-0.3, -0.25) is 4.79 Å². The van der Waals surface area contributed by atoms with Crippen LogP contribution in [0.3, 0.4) is 0 Å². The van der Waals surface area contributed by atoms with Gasteiger partial charge in [0.05, 0.1) is 30.2 Å². The highest BCUT2D eigenvalue weighted by Crippen LogP contribution is 2.46. The molecule has 10 heteroatoms. The predicted molar refractivity (Wildman–Crippen MR) is 167 cm³/mol. The first-order valence-electron chi connectivity index (χ1n) is 14.9. The van der Waals surface area contributed by atoms with E-state index >= 15 is 0 Å². The Labute approximate surface area is 253 Å². The zero-order chi connectivity index (χ0) is 30.2. The summed E-state index contributed by atoms with van der Waals surface area (Å²) in [4.78, 5) is 32.5. The summed E-state index contributed by atoms with van der Waals surface area (Å²) in [5.74, 6) is 0.329. The molecule has 5 aromatic rings. The average Bonchev–Trinajstić information content (AvgIpc) is 3.43. The Morgan fingerprint density at radius 1 is 0.955 bits per heavy atom. The third-order valence-electron chi connectivity index (χ3n) is 8.59. The number of H-pyrrole nitrogens is 1. The molecular formula is C34H34N4O6. The summed E-state index contributed by atoms with van der Waals surface area (Å²) in [6.07, 6.45) is 0.493. The minimum Gasteiger partial charge on any atom is -0.507 e. The number of pyridine rings is 1. The molecule has 1 unspecified atom stereocenters. The number of urea groups is 1. The van der Waals surface area contributed by atoms with Gasteiger partial charge in [0, 0.05) is 54.2 Å². The highest BCUT2D eigenvalue weighted by Gasteiger charge is 2.34. The number of nitrogens with zero attached hydrogens (tertiary/aromatic N) is 2. The molecule has 0 radical (unpaired) electrons. The van der Waals surface area contributed by atoms with Crippen molar-refractivity contribution in [2.45, 2.75) is 12.3 Å². The number of benzene rings is 3. The summed E-state index contributed by atoms with van der Waals surface area (Å²) < 4.78 is 19.1. The normalized spacial score (nSPS) is 15.4. The summed E-state index contributed by atoms with van der Waals surface area (Å²) in [5, 5.41) is 16.5. The summed E-state index contributed by atoms with van der Waals surface area (Å²) in [5.41, 5.74) is 3.84. The van der Waals surface area contributed by atoms with Gasteiger partial charge in [-0.05, 0) is 36.2 Å². The van der Waals surface area contributed by atoms with Crippen LogP contribution >= 0.6 is 0 Å². The second-order valence-electron chi connectivity index (χ2n) is 11.1. The molecule has 7 rings (SSSR count). The molecule has 10 nitrogen and oxygen atoms in total. The average molecular weight is 595 g/mol. The van der Waals surface area contributed by atoms with Crippen molar-refractivity contribution >= 4 is 27.8 Å². The van der Waals surface area contributed by atoms with Crippen LogP contribution in [0.4, 0.5) is 4.79 Å². The van der Waals surface area contributed by atoms with Gasteiger partial charge in [0.15, 0.2) is 11.5 Å². The molecule has 0 saturated carbocycles. The summed E-state index contributed by atoms with van der Waals surface area (Å²) >= 11 is 0. The van der Waals surface area contributed by atoms with Gasteiger partial charge in [-0.1, -0.05) is 42.5 Å². The number of carbonyl (C=O) groups is 1. The largest absolute Gasteiger partial charge is 0.507 e. The number of nitrogens with one attached hydrogen (secondary N) is 2. The molecule has 226 valence electrons. The number of rotatable bonds is 6. The van der Waals surface area contributed by atoms with E-state index in [-0.39, 0.29) is 22.9 Å². The fraction of sp³-hybridized carbons (Fsp3) is 0.294. The Balaban J connectivity index is 1.41. The third-order valence-corrected chi connectivity index (χ3v) is 8.59. The van der Waals surface area contributed by atoms with Crippen LogP contribution in [0.5, 0.6) is 17.2 Å². The fourth-order valence-corrected chi connectivity index (χ4v) is 6.45. The van der Waals surface area contributed by atoms with Crippen molar-refractivity contribution in [2.75, 3.05) is 46.1 Å². The van der Waals surface area contributed by atoms with Crippen molar-refractivity contribution in [3.8, 4) is 17.2 Å². The Hall–Kier alpha value is -4.96. The Morgan fingerprint density at radius 3 is 2.55 bits per heavy atom. The maximum Gasteiger partial charge on any atom is 0.317 e. The highest BCUT2D eigenvalue weighted by atomic mass is 16.6. The summed E-state index contributed by atoms with van der Waals surface area (Å²) in [6, 6.07) is 20.8. The standard InChI is InChI=1S/C34H34N4O6/c1-37-26-11-5-3-8-23(26)31(39)29(33(37)40)28(24-9-6-12-27-32(24)44-20-19-43-27)30-22(21-7-2-4-10-25(21)36-30)13-14-35-34(41)38-15-17-42-18-16-38/h2-12,28,36,39H,13-20H2,1H3,(H,35,41). The topological polar surface area (TPSA) is 118 Å². The van der Waals surface area contributed by atoms with Crippen molar-refractivity contribution in [1.29, 1.82) is 0 Å². The van der Waals surface area contributed by atoms with Crippen molar-refractivity contribution in [1.82, 2.24) is 19.8 Å². The van der Waals surface area contributed by atoms with E-state index in [9.17, 15) is 14.7 Å². The minimum atomic E-state index is -0.729. The summed E-state index contributed by atoms with van der Waals surface area (Å²) in [6.45, 7) is 3.33. The van der Waals surface area contributed by atoms with Crippen LogP contribution < -0.4 is 20.3 Å². The van der Waals surface area contributed by atoms with E-state index in [0.29, 0.717) is 80.4 Å². The van der Waals surface area contributed by atoms with E-state index in [0.717, 1.165) is 22.2 Å². The van der Waals surface area contributed by atoms with Gasteiger partial charge < -0.3 is 39.1 Å². The zero-order valence-corrected chi connectivity index (χ0v) is 24.5. The van der Waals surface area contributed by atoms with Gasteiger partial charge in [-0.15, -0.1) is 0 Å². The lowest BCUT2D eigenvalue weighted by Gasteiger charge is -2.27. The molecule has 0 aliphatic carbocycles. The number of aromatic nitrogens is 2. The lowest BCUT2D eigenvalue weighted by molar-refractivity contribution is 0.0533. The van der Waals surface area contributed by atoms with Crippen molar-refractivity contribution in [2.24, 2.45) is 7.05 Å². The lowest BCUT2D eigenvalue weighted by atomic mass is 9.84. The van der Waals surface area contributed by atoms with Crippen LogP contribution in [0.1, 0.15) is 28.3 Å². The molecule has 4 heterocycles. The van der Waals surface area contributed by atoms with Crippen LogP contribution in [0.2, 0.25) is 0 Å². The Kier molecular flexibility index (Phi) is 7.35. The number of hydrogen-bond donors (Lipinski definition) is 3. The van der Waals surface area contributed by atoms with Crippen molar-refractivity contribution in [3.05, 3.63) is 99.5 Å². The van der Waals surface area contributed by atoms with E-state index in [4.69, 9.17) is 14.2 Å². The number of fused-ring (bicyclic) bond motifs is 3. The number of carbonyl (C=O) groups excluding carboxylic acids is 1. The number of morpholine rings is 1. The second kappa shape index (κ2) is 11.6. The molecule has 44 heavy (non-hydrogen) atoms. The van der Waals surface area contributed by atoms with Crippen LogP contribution in [0.25, 0.3) is 21.8 Å². The quantitative estimate of drug-likeness (QED) is 0.271. The minimum absolute atomic E-state index is 0.0757. The second-order valence-corrected chi connectivity index (χ2v) is 11.1. The van der Waals surface area contributed by atoms with Crippen molar-refractivity contribution < 1.29 is 24.1 Å². The number of aromatic amines is 1. The first-order chi connectivity index (χ1) is 21.5. The maximum absolute atomic E-state index is 14.2. The molecule has 1 atom stereocenters. The predicted octanol–water partition coefficient (Wildman–Crippen LogP) is 4.26. The van der Waals surface area contributed by atoms with Crippen LogP contribution in [0.15, 0.2) is 71.5 Å². The van der Waals surface area contributed by atoms with Crippen LogP contribution in [-0.2, 0) is 18.2 Å². The highest BCUT2D eigenvalue weighted by molar-refractivity contribution is 5.89. The molecule has 1 fully saturated rings. The number of para-hydroxylation sites is 3. The number of aryl methyl sites for hydroxylation is 1. The first-order valence-corrected chi connectivity index (χ1v) is 14.9. The molecule has 2 amide bonds. The smallest absolute Gasteiger partial charge is 0.317 e. The fourth-order valence-electron chi connectivity index (χ4n) is 6.45. The molecule has 3 N–H and O–H groups in total. The van der Waals surface area contributed by atoms with E-state index in [1.54, 1.807) is 16.5 Å². The van der Waals surface area contributed by atoms with Gasteiger partial charge >= 0.3 is 6.03 Å². The van der Waals surface area contributed by atoms with Gasteiger partial charge in [0.1, 0.15) is 19.0 Å². The summed E-state index contributed by atoms with van der Waals surface area (Å²) in [7, 11) is 1.72. The molecule has 2 aromatic heterocycles. The molecule has 2 aliphatic heterocycles. The SMILES string of the molecule is Cn1c(=O)c(C(c2cccc3c2OCCO3)c2[nH]c3ccccc3c2CCNC(=O)N2CCOCC2)c(O)c2ccccc21. The Bertz CT molecular complexity index is 1920. The van der Waals surface area contributed by atoms with Gasteiger partial charge in [-0.25, -0.2) is 4.79 Å². The lowest BCUT2D eigenvalue weighted by Crippen LogP contribution is -2.46. The van der Waals surface area contributed by atoms with Gasteiger partial charge in [-0.2, -0.15) is 0 Å². The van der Waals surface area contributed by atoms with E-state index in [1.165, 1.54) is 0 Å². The number of ether oxygens (including phenoxy) is 3. The van der Waals surface area contributed by atoms with Gasteiger partial charge in [0.25, 0.3) is 5.56 Å². The first kappa shape index (κ1) is 27.8. The zero-order valence-electron chi connectivity index (χ0n) is 24.5. The van der Waals surface area contributed by atoms with Gasteiger partial charge in [0.2, 0.25) is 0 Å².